The lowest BCUT2D eigenvalue weighted by Crippen LogP contribution is -2.02. The molecule has 5 heteroatoms. The van der Waals surface area contributed by atoms with Gasteiger partial charge in [-0.1, -0.05) is 6.07 Å². The molecule has 0 aliphatic carbocycles. The Morgan fingerprint density at radius 3 is 2.69 bits per heavy atom. The highest BCUT2D eigenvalue weighted by atomic mass is 79.9. The Bertz CT molecular complexity index is 568. The zero-order valence-corrected chi connectivity index (χ0v) is 9.73. The van der Waals surface area contributed by atoms with Crippen LogP contribution in [-0.2, 0) is 11.2 Å². The average molecular weight is 282 g/mol. The van der Waals surface area contributed by atoms with E-state index in [2.05, 4.69) is 20.9 Å². The van der Waals surface area contributed by atoms with E-state index < -0.39 is 5.97 Å². The Labute approximate surface area is 99.7 Å². The number of fused-ring (bicyclic) bond motifs is 1. The van der Waals surface area contributed by atoms with Crippen molar-refractivity contribution in [3.63, 3.8) is 0 Å². The Kier molecular flexibility index (Phi) is 2.78. The molecule has 82 valence electrons. The van der Waals surface area contributed by atoms with Crippen LogP contribution in [0.2, 0.25) is 0 Å². The van der Waals surface area contributed by atoms with Crippen molar-refractivity contribution in [3.05, 3.63) is 34.4 Å². The molecule has 0 spiro atoms. The van der Waals surface area contributed by atoms with Crippen molar-refractivity contribution >= 4 is 32.8 Å². The quantitative estimate of drug-likeness (QED) is 0.886. The molecular weight excluding hydrogens is 274 g/mol. The maximum absolute atomic E-state index is 10.6. The van der Waals surface area contributed by atoms with Gasteiger partial charge in [0.15, 0.2) is 0 Å². The highest BCUT2D eigenvalue weighted by molar-refractivity contribution is 9.10. The second-order valence-corrected chi connectivity index (χ2v) is 4.14. The molecule has 0 radical (unpaired) electrons. The predicted molar refractivity (Wildman–Crippen MR) is 62.4 cm³/mol. The van der Waals surface area contributed by atoms with Crippen molar-refractivity contribution in [2.45, 2.75) is 6.42 Å². The van der Waals surface area contributed by atoms with Gasteiger partial charge in [0.05, 0.1) is 22.1 Å². The number of carbonyl (C=O) groups is 1. The lowest BCUT2D eigenvalue weighted by Gasteiger charge is -2.04. The van der Waals surface area contributed by atoms with E-state index in [0.29, 0.717) is 15.7 Å². The summed E-state index contributed by atoms with van der Waals surface area (Å²) in [5.74, 6) is -0.837. The summed E-state index contributed by atoms with van der Waals surface area (Å²) in [6.45, 7) is 0. The standard InChI is InChI=1S/C11H8BrNO3/c12-10-8(14)4-2-6-1-3-7(5-9(15)16)13-11(6)10/h1-4,14H,5H2,(H,15,16). The number of phenols is 1. The van der Waals surface area contributed by atoms with Crippen LogP contribution in [-0.4, -0.2) is 21.2 Å². The molecule has 0 amide bonds. The molecule has 0 aliphatic rings. The summed E-state index contributed by atoms with van der Waals surface area (Å²) >= 11 is 3.22. The lowest BCUT2D eigenvalue weighted by atomic mass is 10.1. The Hall–Kier alpha value is -1.62. The van der Waals surface area contributed by atoms with Crippen LogP contribution in [0, 0.1) is 0 Å². The van der Waals surface area contributed by atoms with E-state index in [9.17, 15) is 9.90 Å². The molecule has 0 saturated heterocycles. The second kappa shape index (κ2) is 4.09. The van der Waals surface area contributed by atoms with Crippen LogP contribution in [0.4, 0.5) is 0 Å². The monoisotopic (exact) mass is 281 g/mol. The molecule has 16 heavy (non-hydrogen) atoms. The van der Waals surface area contributed by atoms with Crippen molar-refractivity contribution in [3.8, 4) is 5.75 Å². The Morgan fingerprint density at radius 1 is 1.31 bits per heavy atom. The van der Waals surface area contributed by atoms with Gasteiger partial charge >= 0.3 is 5.97 Å². The lowest BCUT2D eigenvalue weighted by molar-refractivity contribution is -0.136. The molecule has 0 fully saturated rings. The van der Waals surface area contributed by atoms with E-state index in [1.165, 1.54) is 0 Å². The molecule has 0 atom stereocenters. The van der Waals surface area contributed by atoms with Gasteiger partial charge in [0.2, 0.25) is 0 Å². The van der Waals surface area contributed by atoms with Gasteiger partial charge in [-0.15, -0.1) is 0 Å². The second-order valence-electron chi connectivity index (χ2n) is 3.34. The first kappa shape index (κ1) is 10.9. The van der Waals surface area contributed by atoms with Crippen molar-refractivity contribution in [1.82, 2.24) is 4.98 Å². The average Bonchev–Trinajstić information content (AvgIpc) is 2.23. The molecule has 0 bridgehead atoms. The summed E-state index contributed by atoms with van der Waals surface area (Å²) in [5, 5.41) is 19.0. The highest BCUT2D eigenvalue weighted by Crippen LogP contribution is 2.30. The molecule has 2 N–H and O–H groups in total. The normalized spacial score (nSPS) is 10.6. The summed E-state index contributed by atoms with van der Waals surface area (Å²) in [5.41, 5.74) is 1.03. The van der Waals surface area contributed by atoms with Crippen LogP contribution in [0.5, 0.6) is 5.75 Å². The highest BCUT2D eigenvalue weighted by Gasteiger charge is 2.08. The number of benzene rings is 1. The summed E-state index contributed by atoms with van der Waals surface area (Å²) < 4.78 is 0.484. The summed E-state index contributed by atoms with van der Waals surface area (Å²) in [4.78, 5) is 14.7. The van der Waals surface area contributed by atoms with E-state index >= 15 is 0 Å². The van der Waals surface area contributed by atoms with Crippen molar-refractivity contribution in [2.24, 2.45) is 0 Å². The van der Waals surface area contributed by atoms with Crippen LogP contribution in [0.25, 0.3) is 10.9 Å². The first-order valence-electron chi connectivity index (χ1n) is 4.57. The minimum absolute atomic E-state index is 0.0903. The fraction of sp³-hybridized carbons (Fsp3) is 0.0909. The number of halogens is 1. The predicted octanol–water partition coefficient (Wildman–Crippen LogP) is 2.33. The number of phenolic OH excluding ortho intramolecular Hbond substituents is 1. The third-order valence-electron chi connectivity index (χ3n) is 2.17. The number of pyridine rings is 1. The van der Waals surface area contributed by atoms with Gasteiger partial charge in [-0.2, -0.15) is 0 Å². The molecule has 4 nitrogen and oxygen atoms in total. The van der Waals surface area contributed by atoms with Crippen molar-refractivity contribution < 1.29 is 15.0 Å². The number of aromatic hydroxyl groups is 1. The molecule has 0 saturated carbocycles. The van der Waals surface area contributed by atoms with E-state index in [4.69, 9.17) is 5.11 Å². The van der Waals surface area contributed by atoms with Gasteiger partial charge in [-0.3, -0.25) is 9.78 Å². The smallest absolute Gasteiger partial charge is 0.309 e. The van der Waals surface area contributed by atoms with Gasteiger partial charge in [0, 0.05) is 5.39 Å². The number of hydrogen-bond donors (Lipinski definition) is 2. The minimum Gasteiger partial charge on any atom is -0.507 e. The topological polar surface area (TPSA) is 70.4 Å². The van der Waals surface area contributed by atoms with Crippen LogP contribution < -0.4 is 0 Å². The molecule has 2 aromatic rings. The fourth-order valence-electron chi connectivity index (χ4n) is 1.44. The van der Waals surface area contributed by atoms with E-state index in [-0.39, 0.29) is 12.2 Å². The minimum atomic E-state index is -0.928. The van der Waals surface area contributed by atoms with Gasteiger partial charge in [0.25, 0.3) is 0 Å². The zero-order chi connectivity index (χ0) is 11.7. The number of rotatable bonds is 2. The molecule has 1 heterocycles. The molecule has 2 rings (SSSR count). The summed E-state index contributed by atoms with van der Waals surface area (Å²) in [6.07, 6.45) is -0.127. The van der Waals surface area contributed by atoms with E-state index in [1.54, 1.807) is 24.3 Å². The van der Waals surface area contributed by atoms with E-state index in [0.717, 1.165) is 5.39 Å². The third-order valence-corrected chi connectivity index (χ3v) is 2.95. The van der Waals surface area contributed by atoms with Crippen molar-refractivity contribution in [1.29, 1.82) is 0 Å². The van der Waals surface area contributed by atoms with Gasteiger partial charge in [0.1, 0.15) is 5.75 Å². The van der Waals surface area contributed by atoms with E-state index in [1.807, 2.05) is 0 Å². The first-order valence-corrected chi connectivity index (χ1v) is 5.36. The first-order chi connectivity index (χ1) is 7.58. The molecular formula is C11H8BrNO3. The molecule has 0 unspecified atom stereocenters. The summed E-state index contributed by atoms with van der Waals surface area (Å²) in [6, 6.07) is 6.74. The Morgan fingerprint density at radius 2 is 2.00 bits per heavy atom. The van der Waals surface area contributed by atoms with Crippen LogP contribution in [0.15, 0.2) is 28.7 Å². The maximum Gasteiger partial charge on any atom is 0.309 e. The SMILES string of the molecule is O=C(O)Cc1ccc2ccc(O)c(Br)c2n1. The number of carboxylic acids is 1. The fourth-order valence-corrected chi connectivity index (χ4v) is 1.89. The molecule has 1 aromatic carbocycles. The van der Waals surface area contributed by atoms with Crippen LogP contribution in [0.1, 0.15) is 5.69 Å². The van der Waals surface area contributed by atoms with Crippen molar-refractivity contribution in [2.75, 3.05) is 0 Å². The molecule has 0 aliphatic heterocycles. The number of aliphatic carboxylic acids is 1. The largest absolute Gasteiger partial charge is 0.507 e. The number of nitrogens with zero attached hydrogens (tertiary/aromatic N) is 1. The van der Waals surface area contributed by atoms with Gasteiger partial charge in [-0.25, -0.2) is 0 Å². The van der Waals surface area contributed by atoms with Gasteiger partial charge < -0.3 is 10.2 Å². The number of aromatic nitrogens is 1. The summed E-state index contributed by atoms with van der Waals surface area (Å²) in [7, 11) is 0. The zero-order valence-electron chi connectivity index (χ0n) is 8.14. The maximum atomic E-state index is 10.6. The molecule has 1 aromatic heterocycles. The van der Waals surface area contributed by atoms with Crippen LogP contribution in [0.3, 0.4) is 0 Å². The number of hydrogen-bond acceptors (Lipinski definition) is 3. The van der Waals surface area contributed by atoms with Gasteiger partial charge in [-0.05, 0) is 34.1 Å². The number of carboxylic acid groups (broad SMARTS) is 1. The third kappa shape index (κ3) is 1.99. The van der Waals surface area contributed by atoms with Crippen LogP contribution >= 0.6 is 15.9 Å². The Balaban J connectivity index is 2.59.